The average molecular weight is 645 g/mol. The molecule has 1 saturated carbocycles. The number of fused-ring (bicyclic) bond motifs is 1. The van der Waals surface area contributed by atoms with Crippen LogP contribution in [0, 0.1) is 12.3 Å². The number of ether oxygens (including phenoxy) is 3. The van der Waals surface area contributed by atoms with E-state index in [0.717, 1.165) is 60.4 Å². The first-order chi connectivity index (χ1) is 21.7. The van der Waals surface area contributed by atoms with Gasteiger partial charge in [0.1, 0.15) is 18.1 Å². The van der Waals surface area contributed by atoms with E-state index in [4.69, 9.17) is 24.7 Å². The number of hydrogen-bond acceptors (Lipinski definition) is 7. The van der Waals surface area contributed by atoms with Gasteiger partial charge in [0, 0.05) is 48.3 Å². The Kier molecular flexibility index (Phi) is 17.6. The van der Waals surface area contributed by atoms with Gasteiger partial charge in [-0.3, -0.25) is 9.59 Å². The van der Waals surface area contributed by atoms with Crippen LogP contribution in [0.2, 0.25) is 0 Å². The third kappa shape index (κ3) is 11.4. The Morgan fingerprint density at radius 1 is 1.00 bits per heavy atom. The highest BCUT2D eigenvalue weighted by atomic mass is 19.1. The van der Waals surface area contributed by atoms with Crippen LogP contribution in [0.15, 0.2) is 46.7 Å². The largest absolute Gasteiger partial charge is 0.496 e. The third-order valence-electron chi connectivity index (χ3n) is 7.49. The summed E-state index contributed by atoms with van der Waals surface area (Å²) in [4.78, 5) is 24.5. The number of carbonyl (C=O) groups is 2. The number of carbonyl (C=O) groups excluding carboxylic acids is 2. The van der Waals surface area contributed by atoms with Crippen molar-refractivity contribution in [2.24, 2.45) is 0 Å². The van der Waals surface area contributed by atoms with Crippen molar-refractivity contribution in [1.29, 1.82) is 5.41 Å². The molecule has 1 aromatic rings. The maximum absolute atomic E-state index is 14.5. The molecule has 0 heterocycles. The van der Waals surface area contributed by atoms with Gasteiger partial charge in [-0.1, -0.05) is 47.6 Å². The lowest BCUT2D eigenvalue weighted by Gasteiger charge is -2.24. The number of hydrogen-bond donors (Lipinski definition) is 2. The Morgan fingerprint density at radius 2 is 1.61 bits per heavy atom. The lowest BCUT2D eigenvalue weighted by molar-refractivity contribution is -0.134. The van der Waals surface area contributed by atoms with Gasteiger partial charge >= 0.3 is 0 Å². The van der Waals surface area contributed by atoms with Crippen LogP contribution in [-0.2, 0) is 19.7 Å². The molecule has 0 spiro atoms. The molecule has 0 unspecified atom stereocenters. The molecule has 0 atom stereocenters. The van der Waals surface area contributed by atoms with E-state index < -0.39 is 5.83 Å². The molecule has 0 saturated heterocycles. The number of amides is 1. The number of aliphatic hydroxyl groups excluding tert-OH is 1. The van der Waals surface area contributed by atoms with Crippen molar-refractivity contribution in [3.05, 3.63) is 63.4 Å². The van der Waals surface area contributed by atoms with Crippen LogP contribution in [0.1, 0.15) is 115 Å². The van der Waals surface area contributed by atoms with Crippen LogP contribution in [0.3, 0.4) is 0 Å². The first kappa shape index (κ1) is 40.6. The molecular weight excluding hydrogens is 587 g/mol. The van der Waals surface area contributed by atoms with Gasteiger partial charge in [0.25, 0.3) is 0 Å². The minimum absolute atomic E-state index is 0.0276. The monoisotopic (exact) mass is 644 g/mol. The number of aliphatic hydroxyl groups is 1. The third-order valence-corrected chi connectivity index (χ3v) is 7.49. The number of Topliss-reactive ketones (excluding diaryl/α,β-unsaturated/α-hetero) is 1. The predicted octanol–water partition coefficient (Wildman–Crippen LogP) is 8.16. The van der Waals surface area contributed by atoms with E-state index in [1.54, 1.807) is 12.0 Å². The highest BCUT2D eigenvalue weighted by Crippen LogP contribution is 2.38. The molecule has 0 aromatic heterocycles. The van der Waals surface area contributed by atoms with Crippen LogP contribution in [-0.4, -0.2) is 67.4 Å². The first-order valence-corrected chi connectivity index (χ1v) is 16.5. The zero-order valence-electron chi connectivity index (χ0n) is 29.8. The fraction of sp³-hybridized carbons (Fsp3) is 0.595. The molecular formula is C37H57FN2O6. The smallest absolute Gasteiger partial charge is 0.248 e. The van der Waals surface area contributed by atoms with Crippen molar-refractivity contribution >= 4 is 17.4 Å². The first-order valence-electron chi connectivity index (χ1n) is 16.5. The number of benzene rings is 1. The predicted molar refractivity (Wildman–Crippen MR) is 183 cm³/mol. The lowest BCUT2D eigenvalue weighted by atomic mass is 9.83. The van der Waals surface area contributed by atoms with Gasteiger partial charge in [-0.25, -0.2) is 4.39 Å². The molecule has 1 amide bonds. The van der Waals surface area contributed by atoms with E-state index in [0.29, 0.717) is 49.5 Å². The number of ketones is 1. The summed E-state index contributed by atoms with van der Waals surface area (Å²) in [5, 5.41) is 16.4. The van der Waals surface area contributed by atoms with Gasteiger partial charge in [0.2, 0.25) is 5.91 Å². The van der Waals surface area contributed by atoms with E-state index in [1.807, 2.05) is 59.8 Å². The second-order valence-corrected chi connectivity index (χ2v) is 12.2. The maximum atomic E-state index is 14.5. The standard InChI is InChI=1S/C15H22O2.C14H18FNO2.C8H17NO2/c1-7-13(16)11-8-10(2)14(17-6)12(9-11)15(3,4)5;1-3-17-11-8-6-9-5-7-10(16)12(9)13(15)14(11)18-4-2;1-3-5-9(6-4-2)8(11)7-10/h8-9H,7H2,1-6H3;6,16H,3-5,7-8H2,1-2H3;10H,3-7H2,1-2H3. The Labute approximate surface area is 276 Å². The summed E-state index contributed by atoms with van der Waals surface area (Å²) in [6.45, 7) is 20.0. The molecule has 0 bridgehead atoms. The molecule has 3 rings (SSSR count). The van der Waals surface area contributed by atoms with Crippen molar-refractivity contribution in [3.63, 3.8) is 0 Å². The number of nitrogens with zero attached hydrogens (tertiary/aromatic N) is 1. The summed E-state index contributed by atoms with van der Waals surface area (Å²) < 4.78 is 30.8. The minimum Gasteiger partial charge on any atom is -0.496 e. The molecule has 2 aliphatic rings. The van der Waals surface area contributed by atoms with Gasteiger partial charge in [-0.2, -0.15) is 0 Å². The van der Waals surface area contributed by atoms with Crippen LogP contribution < -0.4 is 4.74 Å². The van der Waals surface area contributed by atoms with E-state index >= 15 is 0 Å². The Morgan fingerprint density at radius 3 is 2.09 bits per heavy atom. The molecule has 8 nitrogen and oxygen atoms in total. The van der Waals surface area contributed by atoms with Gasteiger partial charge in [0.15, 0.2) is 17.4 Å². The van der Waals surface area contributed by atoms with Crippen molar-refractivity contribution in [1.82, 2.24) is 4.90 Å². The Balaban J connectivity index is 0.000000357. The van der Waals surface area contributed by atoms with Crippen LogP contribution in [0.25, 0.3) is 0 Å². The minimum atomic E-state index is -0.438. The summed E-state index contributed by atoms with van der Waals surface area (Å²) in [5.41, 5.74) is 4.55. The molecule has 1 fully saturated rings. The van der Waals surface area contributed by atoms with Gasteiger partial charge in [0.05, 0.1) is 20.3 Å². The van der Waals surface area contributed by atoms with Crippen LogP contribution >= 0.6 is 0 Å². The van der Waals surface area contributed by atoms with Crippen molar-refractivity contribution < 1.29 is 33.3 Å². The van der Waals surface area contributed by atoms with Crippen LogP contribution in [0.4, 0.5) is 4.39 Å². The normalized spacial score (nSPS) is 14.3. The highest BCUT2D eigenvalue weighted by molar-refractivity contribution is 6.05. The van der Waals surface area contributed by atoms with Crippen molar-refractivity contribution in [3.8, 4) is 5.75 Å². The second-order valence-electron chi connectivity index (χ2n) is 12.2. The molecule has 1 aromatic carbocycles. The molecule has 46 heavy (non-hydrogen) atoms. The average Bonchev–Trinajstić information content (AvgIpc) is 3.34. The SMILES string of the molecule is CCC(=O)c1cc(C)c(OC)c(C(C)(C)C)c1.CCCN(CCC)C(=O)CO.CCOC1=C(OCC)C(F)=C2C(=N)CCC2=CC1. The molecule has 0 radical (unpaired) electrons. The van der Waals surface area contributed by atoms with E-state index in [9.17, 15) is 14.0 Å². The lowest BCUT2D eigenvalue weighted by Crippen LogP contribution is -2.34. The van der Waals surface area contributed by atoms with E-state index in [2.05, 4.69) is 20.8 Å². The second kappa shape index (κ2) is 19.9. The molecule has 2 aliphatic carbocycles. The zero-order chi connectivity index (χ0) is 35.0. The van der Waals surface area contributed by atoms with Crippen LogP contribution in [0.5, 0.6) is 5.75 Å². The number of aryl methyl sites for hydroxylation is 1. The summed E-state index contributed by atoms with van der Waals surface area (Å²) in [5.74, 6) is 1.18. The number of allylic oxidation sites excluding steroid dienone is 4. The summed E-state index contributed by atoms with van der Waals surface area (Å²) in [6.07, 6.45) is 6.27. The number of rotatable bonds is 12. The fourth-order valence-electron chi connectivity index (χ4n) is 5.28. The Bertz CT molecular complexity index is 1280. The maximum Gasteiger partial charge on any atom is 0.248 e. The molecule has 258 valence electrons. The zero-order valence-corrected chi connectivity index (χ0v) is 29.8. The van der Waals surface area contributed by atoms with Gasteiger partial charge in [-0.05, 0) is 75.1 Å². The number of halogens is 1. The van der Waals surface area contributed by atoms with Crippen molar-refractivity contribution in [2.45, 2.75) is 106 Å². The van der Waals surface area contributed by atoms with Crippen molar-refractivity contribution in [2.75, 3.05) is 40.0 Å². The summed E-state index contributed by atoms with van der Waals surface area (Å²) in [6, 6.07) is 3.89. The summed E-state index contributed by atoms with van der Waals surface area (Å²) >= 11 is 0. The number of nitrogens with one attached hydrogen (secondary N) is 1. The Hall–Kier alpha value is -3.46. The summed E-state index contributed by atoms with van der Waals surface area (Å²) in [7, 11) is 1.68. The topological polar surface area (TPSA) is 109 Å². The van der Waals surface area contributed by atoms with Gasteiger partial charge in [-0.15, -0.1) is 0 Å². The van der Waals surface area contributed by atoms with E-state index in [-0.39, 0.29) is 29.5 Å². The highest BCUT2D eigenvalue weighted by Gasteiger charge is 2.30. The molecule has 2 N–H and O–H groups in total. The van der Waals surface area contributed by atoms with Gasteiger partial charge < -0.3 is 29.6 Å². The number of methoxy groups -OCH3 is 1. The molecule has 9 heteroatoms. The fourth-order valence-corrected chi connectivity index (χ4v) is 5.28. The molecule has 0 aliphatic heterocycles. The van der Waals surface area contributed by atoms with E-state index in [1.165, 1.54) is 0 Å². The quantitative estimate of drug-likeness (QED) is 0.222.